The van der Waals surface area contributed by atoms with Crippen LogP contribution < -0.4 is 0 Å². The molecule has 4 aliphatic rings. The summed E-state index contributed by atoms with van der Waals surface area (Å²) in [6, 6.07) is 5.37. The Labute approximate surface area is 238 Å². The van der Waals surface area contributed by atoms with Crippen molar-refractivity contribution in [3.8, 4) is 0 Å². The van der Waals surface area contributed by atoms with Crippen LogP contribution in [0.2, 0.25) is 5.02 Å². The number of aromatic nitrogens is 3. The Kier molecular flexibility index (Phi) is 7.06. The first kappa shape index (κ1) is 28.4. The molecule has 4 fully saturated rings. The number of aliphatic hydroxyl groups is 1. The lowest BCUT2D eigenvalue weighted by atomic mass is 9.42. The van der Waals surface area contributed by atoms with E-state index in [9.17, 15) is 23.1 Å². The Bertz CT molecular complexity index is 1290. The van der Waals surface area contributed by atoms with E-state index in [0.29, 0.717) is 47.7 Å². The lowest BCUT2D eigenvalue weighted by molar-refractivity contribution is -0.292. The van der Waals surface area contributed by atoms with Gasteiger partial charge in [-0.05, 0) is 117 Å². The highest BCUT2D eigenvalue weighted by molar-refractivity contribution is 6.31. The third-order valence-corrected chi connectivity index (χ3v) is 12.1. The number of carbonyl (C=O) groups is 1. The first-order chi connectivity index (χ1) is 18.9. The largest absolute Gasteiger partial charge is 0.417 e. The van der Waals surface area contributed by atoms with Crippen LogP contribution >= 0.6 is 11.6 Å². The molecule has 0 unspecified atom stereocenters. The predicted octanol–water partition coefficient (Wildman–Crippen LogP) is 6.62. The molecular formula is C30H39ClF3N3O3. The maximum atomic E-state index is 13.9. The van der Waals surface area contributed by atoms with Crippen molar-refractivity contribution in [2.24, 2.45) is 40.4 Å². The number of hydrogen-bond donors (Lipinski definition) is 1. The quantitative estimate of drug-likeness (QED) is 0.415. The number of ketones is 1. The van der Waals surface area contributed by atoms with Gasteiger partial charge in [0.25, 0.3) is 0 Å². The van der Waals surface area contributed by atoms with Crippen LogP contribution in [0.1, 0.15) is 71.1 Å². The Balaban J connectivity index is 1.23. The minimum atomic E-state index is -4.61. The standard InChI is InChI=1S/C30H39ClF3N3O3/c1-27-10-9-22-20(5-3-18-16-29(39,30(32,33)34)12-11-28(18,22)13-14-40-2)21(27)6-7-23(27)26(38)17-37-25-8-4-19(31)15-24(25)35-36-37/h4,8,15,18,20-23,39H,3,5-7,9-14,16-17H2,1-2H3/t18-,20+,21+,22+,23-,27+,28-,29-/m1/s1. The van der Waals surface area contributed by atoms with E-state index in [1.165, 1.54) is 0 Å². The molecule has 0 aliphatic heterocycles. The van der Waals surface area contributed by atoms with Crippen LogP contribution in [0, 0.1) is 40.4 Å². The smallest absolute Gasteiger partial charge is 0.385 e. The van der Waals surface area contributed by atoms with Crippen molar-refractivity contribution in [2.45, 2.75) is 89.5 Å². The Morgan fingerprint density at radius 1 is 1.15 bits per heavy atom. The van der Waals surface area contributed by atoms with Gasteiger partial charge in [-0.15, -0.1) is 5.10 Å². The highest BCUT2D eigenvalue weighted by Gasteiger charge is 2.66. The van der Waals surface area contributed by atoms with Gasteiger partial charge in [-0.1, -0.05) is 23.7 Å². The highest BCUT2D eigenvalue weighted by atomic mass is 35.5. The average Bonchev–Trinajstić information content (AvgIpc) is 3.46. The minimum absolute atomic E-state index is 0.0701. The zero-order valence-corrected chi connectivity index (χ0v) is 24.0. The lowest BCUT2D eigenvalue weighted by Crippen LogP contribution is -2.60. The molecule has 40 heavy (non-hydrogen) atoms. The summed E-state index contributed by atoms with van der Waals surface area (Å²) in [5.41, 5.74) is -1.52. The van der Waals surface area contributed by atoms with Crippen molar-refractivity contribution in [3.63, 3.8) is 0 Å². The van der Waals surface area contributed by atoms with Gasteiger partial charge >= 0.3 is 6.18 Å². The molecule has 6 nitrogen and oxygen atoms in total. The van der Waals surface area contributed by atoms with E-state index in [1.54, 1.807) is 23.9 Å². The van der Waals surface area contributed by atoms with E-state index in [2.05, 4.69) is 17.2 Å². The van der Waals surface area contributed by atoms with Crippen molar-refractivity contribution < 1.29 is 27.8 Å². The van der Waals surface area contributed by atoms with Gasteiger partial charge in [0.15, 0.2) is 11.4 Å². The molecule has 0 amide bonds. The number of nitrogens with zero attached hydrogens (tertiary/aromatic N) is 3. The molecule has 1 N–H and O–H groups in total. The number of benzene rings is 1. The third kappa shape index (κ3) is 4.32. The van der Waals surface area contributed by atoms with Gasteiger partial charge in [0, 0.05) is 24.7 Å². The summed E-state index contributed by atoms with van der Waals surface area (Å²) in [6.07, 6.45) is 1.25. The molecule has 220 valence electrons. The normalized spacial score (nSPS) is 39.5. The molecule has 4 aliphatic carbocycles. The monoisotopic (exact) mass is 581 g/mol. The van der Waals surface area contributed by atoms with Crippen molar-refractivity contribution in [1.82, 2.24) is 15.0 Å². The summed E-state index contributed by atoms with van der Waals surface area (Å²) in [4.78, 5) is 13.8. The van der Waals surface area contributed by atoms with Gasteiger partial charge in [-0.3, -0.25) is 4.79 Å². The number of carbonyl (C=O) groups excluding carboxylic acids is 1. The summed E-state index contributed by atoms with van der Waals surface area (Å²) < 4.78 is 48.7. The van der Waals surface area contributed by atoms with E-state index < -0.39 is 11.8 Å². The fourth-order valence-corrected chi connectivity index (χ4v) is 10.1. The number of fused-ring (bicyclic) bond motifs is 6. The first-order valence-corrected chi connectivity index (χ1v) is 15.1. The summed E-state index contributed by atoms with van der Waals surface area (Å²) >= 11 is 6.09. The van der Waals surface area contributed by atoms with Gasteiger partial charge in [0.1, 0.15) is 12.1 Å². The Morgan fingerprint density at radius 2 is 1.95 bits per heavy atom. The van der Waals surface area contributed by atoms with Gasteiger partial charge in [0.2, 0.25) is 0 Å². The van der Waals surface area contributed by atoms with Crippen LogP contribution in [-0.2, 0) is 16.1 Å². The number of methoxy groups -OCH3 is 1. The van der Waals surface area contributed by atoms with E-state index in [0.717, 1.165) is 44.0 Å². The molecule has 0 spiro atoms. The summed E-state index contributed by atoms with van der Waals surface area (Å²) in [7, 11) is 1.65. The molecule has 0 bridgehead atoms. The van der Waals surface area contributed by atoms with Crippen molar-refractivity contribution in [1.29, 1.82) is 0 Å². The second kappa shape index (κ2) is 9.94. The molecule has 1 heterocycles. The maximum absolute atomic E-state index is 13.9. The van der Waals surface area contributed by atoms with Crippen LogP contribution in [-0.4, -0.2) is 51.4 Å². The molecule has 4 saturated carbocycles. The summed E-state index contributed by atoms with van der Waals surface area (Å²) in [6.45, 7) is 2.97. The first-order valence-electron chi connectivity index (χ1n) is 14.7. The molecule has 6 rings (SSSR count). The number of Topliss-reactive ketones (excluding diaryl/α,β-unsaturated/α-hetero) is 1. The fourth-order valence-electron chi connectivity index (χ4n) is 9.94. The number of rotatable bonds is 6. The fraction of sp³-hybridized carbons (Fsp3) is 0.767. The van der Waals surface area contributed by atoms with Crippen LogP contribution in [0.15, 0.2) is 18.2 Å². The average molecular weight is 582 g/mol. The number of alkyl halides is 3. The molecule has 2 aromatic rings. The molecule has 1 aromatic carbocycles. The minimum Gasteiger partial charge on any atom is -0.385 e. The predicted molar refractivity (Wildman–Crippen MR) is 145 cm³/mol. The molecule has 10 heteroatoms. The maximum Gasteiger partial charge on any atom is 0.417 e. The van der Waals surface area contributed by atoms with Crippen molar-refractivity contribution in [2.75, 3.05) is 13.7 Å². The van der Waals surface area contributed by atoms with Gasteiger partial charge in [-0.2, -0.15) is 13.2 Å². The van der Waals surface area contributed by atoms with Crippen LogP contribution in [0.4, 0.5) is 13.2 Å². The van der Waals surface area contributed by atoms with Gasteiger partial charge in [0.05, 0.1) is 5.52 Å². The SMILES string of the molecule is COCC[C@]12CC[C@](O)(C(F)(F)F)C[C@H]1CC[C@H]1[C@@H]3CC[C@H](C(=O)Cn4nnc5cc(Cl)ccc54)[C@@]3(C)CC[C@@H]12. The second-order valence-electron chi connectivity index (χ2n) is 13.4. The number of ether oxygens (including phenoxy) is 1. The lowest BCUT2D eigenvalue weighted by Gasteiger charge is -2.63. The van der Waals surface area contributed by atoms with E-state index in [4.69, 9.17) is 16.3 Å². The number of halogens is 4. The second-order valence-corrected chi connectivity index (χ2v) is 13.8. The van der Waals surface area contributed by atoms with Gasteiger partial charge in [-0.25, -0.2) is 4.68 Å². The third-order valence-electron chi connectivity index (χ3n) is 11.9. The molecule has 8 atom stereocenters. The molecule has 1 aromatic heterocycles. The van der Waals surface area contributed by atoms with E-state index >= 15 is 0 Å². The Hall–Kier alpha value is -1.71. The molecule has 0 saturated heterocycles. The molecular weight excluding hydrogens is 543 g/mol. The van der Waals surface area contributed by atoms with Crippen LogP contribution in [0.25, 0.3) is 11.0 Å². The summed E-state index contributed by atoms with van der Waals surface area (Å²) in [5, 5.41) is 19.6. The zero-order valence-electron chi connectivity index (χ0n) is 23.2. The van der Waals surface area contributed by atoms with Crippen molar-refractivity contribution in [3.05, 3.63) is 23.2 Å². The van der Waals surface area contributed by atoms with Crippen LogP contribution in [0.3, 0.4) is 0 Å². The summed E-state index contributed by atoms with van der Waals surface area (Å²) in [5.74, 6) is 1.00. The van der Waals surface area contributed by atoms with E-state index in [1.807, 2.05) is 6.07 Å². The van der Waals surface area contributed by atoms with E-state index in [-0.39, 0.29) is 47.8 Å². The van der Waals surface area contributed by atoms with Crippen molar-refractivity contribution >= 4 is 28.4 Å². The zero-order chi connectivity index (χ0) is 28.5. The topological polar surface area (TPSA) is 77.2 Å². The Morgan fingerprint density at radius 3 is 2.70 bits per heavy atom. The molecule has 0 radical (unpaired) electrons. The number of hydrogen-bond acceptors (Lipinski definition) is 5. The van der Waals surface area contributed by atoms with Crippen LogP contribution in [0.5, 0.6) is 0 Å². The van der Waals surface area contributed by atoms with Gasteiger partial charge < -0.3 is 9.84 Å². The highest BCUT2D eigenvalue weighted by Crippen LogP contribution is 2.69.